The van der Waals surface area contributed by atoms with Crippen molar-refractivity contribution in [2.75, 3.05) is 19.1 Å². The van der Waals surface area contributed by atoms with Crippen LogP contribution in [0.3, 0.4) is 0 Å². The van der Waals surface area contributed by atoms with Gasteiger partial charge in [-0.05, 0) is 13.8 Å². The summed E-state index contributed by atoms with van der Waals surface area (Å²) in [4.78, 5) is 49.5. The minimum Gasteiger partial charge on any atom is -0.497 e. The van der Waals surface area contributed by atoms with Crippen LogP contribution in [-0.4, -0.2) is 37.6 Å². The fourth-order valence-corrected chi connectivity index (χ4v) is 2.96. The van der Waals surface area contributed by atoms with Crippen LogP contribution in [0.4, 0.5) is 5.69 Å². The Morgan fingerprint density at radius 3 is 1.96 bits per heavy atom. The Bertz CT molecular complexity index is 675. The molecule has 0 saturated carbocycles. The van der Waals surface area contributed by atoms with Gasteiger partial charge in [0.15, 0.2) is 0 Å². The standard InChI is InChI=1S/C17H19NO6/c1-9(19)16(10(2)20)14-8-15(21)18(17(14)22)11-5-12(23-3)7-13(6-11)24-4/h5-7,14,16H,8H2,1-4H3. The normalized spacial score (nSPS) is 17.4. The molecule has 1 atom stereocenters. The molecule has 1 aromatic carbocycles. The van der Waals surface area contributed by atoms with Gasteiger partial charge >= 0.3 is 0 Å². The number of amides is 2. The molecule has 0 radical (unpaired) electrons. The highest BCUT2D eigenvalue weighted by molar-refractivity contribution is 6.23. The van der Waals surface area contributed by atoms with Crippen molar-refractivity contribution in [2.45, 2.75) is 20.3 Å². The van der Waals surface area contributed by atoms with Gasteiger partial charge in [0.25, 0.3) is 0 Å². The number of hydrogen-bond acceptors (Lipinski definition) is 6. The van der Waals surface area contributed by atoms with E-state index in [4.69, 9.17) is 9.47 Å². The monoisotopic (exact) mass is 333 g/mol. The van der Waals surface area contributed by atoms with Crippen molar-refractivity contribution in [3.05, 3.63) is 18.2 Å². The summed E-state index contributed by atoms with van der Waals surface area (Å²) in [6.45, 7) is 2.50. The van der Waals surface area contributed by atoms with Gasteiger partial charge in [-0.25, -0.2) is 4.90 Å². The third-order valence-electron chi connectivity index (χ3n) is 4.05. The van der Waals surface area contributed by atoms with Crippen molar-refractivity contribution in [3.8, 4) is 11.5 Å². The molecule has 0 aliphatic carbocycles. The average molecular weight is 333 g/mol. The van der Waals surface area contributed by atoms with E-state index in [9.17, 15) is 19.2 Å². The predicted octanol–water partition coefficient (Wildman–Crippen LogP) is 1.38. The second kappa shape index (κ2) is 6.82. The minimum absolute atomic E-state index is 0.178. The average Bonchev–Trinajstić information content (AvgIpc) is 2.80. The van der Waals surface area contributed by atoms with Crippen LogP contribution in [0.25, 0.3) is 0 Å². The number of imide groups is 1. The van der Waals surface area contributed by atoms with Gasteiger partial charge in [-0.1, -0.05) is 0 Å². The van der Waals surface area contributed by atoms with Crippen LogP contribution in [0.1, 0.15) is 20.3 Å². The molecule has 1 aromatic rings. The second-order valence-corrected chi connectivity index (χ2v) is 5.65. The lowest BCUT2D eigenvalue weighted by Crippen LogP contribution is -2.36. The Labute approximate surface area is 139 Å². The van der Waals surface area contributed by atoms with Crippen molar-refractivity contribution in [3.63, 3.8) is 0 Å². The Hall–Kier alpha value is -2.70. The Balaban J connectivity index is 2.42. The zero-order valence-corrected chi connectivity index (χ0v) is 14.0. The van der Waals surface area contributed by atoms with Gasteiger partial charge in [0.05, 0.1) is 31.7 Å². The molecule has 1 heterocycles. The smallest absolute Gasteiger partial charge is 0.238 e. The summed E-state index contributed by atoms with van der Waals surface area (Å²) >= 11 is 0. The number of Topliss-reactive ketones (excluding diaryl/α,β-unsaturated/α-hetero) is 2. The molecular weight excluding hydrogens is 314 g/mol. The molecule has 1 fully saturated rings. The molecule has 2 amide bonds. The lowest BCUT2D eigenvalue weighted by atomic mass is 9.85. The first-order valence-corrected chi connectivity index (χ1v) is 7.41. The van der Waals surface area contributed by atoms with Crippen LogP contribution < -0.4 is 14.4 Å². The number of methoxy groups -OCH3 is 2. The lowest BCUT2D eigenvalue weighted by molar-refractivity contribution is -0.137. The largest absolute Gasteiger partial charge is 0.497 e. The molecule has 2 rings (SSSR count). The van der Waals surface area contributed by atoms with E-state index in [2.05, 4.69) is 0 Å². The summed E-state index contributed by atoms with van der Waals surface area (Å²) in [6.07, 6.45) is -0.178. The highest BCUT2D eigenvalue weighted by Crippen LogP contribution is 2.35. The summed E-state index contributed by atoms with van der Waals surface area (Å²) in [7, 11) is 2.91. The van der Waals surface area contributed by atoms with Crippen molar-refractivity contribution in [1.29, 1.82) is 0 Å². The molecule has 0 bridgehead atoms. The first-order chi connectivity index (χ1) is 11.3. The molecule has 1 unspecified atom stereocenters. The molecule has 24 heavy (non-hydrogen) atoms. The number of carbonyl (C=O) groups excluding carboxylic acids is 4. The van der Waals surface area contributed by atoms with Crippen molar-refractivity contribution in [2.24, 2.45) is 11.8 Å². The van der Waals surface area contributed by atoms with Crippen LogP contribution in [0.15, 0.2) is 18.2 Å². The predicted molar refractivity (Wildman–Crippen MR) is 85.0 cm³/mol. The highest BCUT2D eigenvalue weighted by atomic mass is 16.5. The first-order valence-electron chi connectivity index (χ1n) is 7.41. The van der Waals surface area contributed by atoms with E-state index in [-0.39, 0.29) is 12.1 Å². The van der Waals surface area contributed by atoms with E-state index in [1.165, 1.54) is 40.2 Å². The Morgan fingerprint density at radius 1 is 1.04 bits per heavy atom. The van der Waals surface area contributed by atoms with Gasteiger partial charge < -0.3 is 9.47 Å². The number of anilines is 1. The molecule has 0 N–H and O–H groups in total. The number of rotatable bonds is 6. The zero-order chi connectivity index (χ0) is 18.0. The van der Waals surface area contributed by atoms with Gasteiger partial charge in [0.1, 0.15) is 23.1 Å². The number of ketones is 2. The van der Waals surface area contributed by atoms with Crippen LogP contribution in [-0.2, 0) is 19.2 Å². The van der Waals surface area contributed by atoms with E-state index in [1.54, 1.807) is 6.07 Å². The molecular formula is C17H19NO6. The quantitative estimate of drug-likeness (QED) is 0.577. The van der Waals surface area contributed by atoms with Crippen molar-refractivity contribution >= 4 is 29.1 Å². The Kier molecular flexibility index (Phi) is 5.02. The SMILES string of the molecule is COc1cc(OC)cc(N2C(=O)CC(C(C(C)=O)C(C)=O)C2=O)c1. The molecule has 0 spiro atoms. The van der Waals surface area contributed by atoms with Crippen LogP contribution in [0.5, 0.6) is 11.5 Å². The fraction of sp³-hybridized carbons (Fsp3) is 0.412. The van der Waals surface area contributed by atoms with E-state index in [1.807, 2.05) is 0 Å². The number of benzene rings is 1. The topological polar surface area (TPSA) is 90.0 Å². The third kappa shape index (κ3) is 3.15. The van der Waals surface area contributed by atoms with Crippen molar-refractivity contribution in [1.82, 2.24) is 0 Å². The number of ether oxygens (including phenoxy) is 2. The molecule has 7 heteroatoms. The van der Waals surface area contributed by atoms with Gasteiger partial charge in [0.2, 0.25) is 11.8 Å². The number of carbonyl (C=O) groups is 4. The lowest BCUT2D eigenvalue weighted by Gasteiger charge is -2.19. The molecule has 128 valence electrons. The second-order valence-electron chi connectivity index (χ2n) is 5.65. The van der Waals surface area contributed by atoms with Gasteiger partial charge in [-0.2, -0.15) is 0 Å². The zero-order valence-electron chi connectivity index (χ0n) is 14.0. The summed E-state index contributed by atoms with van der Waals surface area (Å²) < 4.78 is 10.3. The fourth-order valence-electron chi connectivity index (χ4n) is 2.96. The van der Waals surface area contributed by atoms with E-state index in [0.717, 1.165) is 4.90 Å². The molecule has 0 aromatic heterocycles. The molecule has 1 saturated heterocycles. The summed E-state index contributed by atoms with van der Waals surface area (Å²) in [5.41, 5.74) is 0.287. The van der Waals surface area contributed by atoms with Gasteiger partial charge in [0, 0.05) is 24.6 Å². The first kappa shape index (κ1) is 17.7. The summed E-state index contributed by atoms with van der Waals surface area (Å²) in [6, 6.07) is 4.66. The minimum atomic E-state index is -1.10. The molecule has 7 nitrogen and oxygen atoms in total. The molecule has 1 aliphatic rings. The third-order valence-corrected chi connectivity index (χ3v) is 4.05. The number of nitrogens with zero attached hydrogens (tertiary/aromatic N) is 1. The maximum absolute atomic E-state index is 12.7. The number of hydrogen-bond donors (Lipinski definition) is 0. The maximum Gasteiger partial charge on any atom is 0.238 e. The summed E-state index contributed by atoms with van der Waals surface area (Å²) in [5.74, 6) is -3.09. The van der Waals surface area contributed by atoms with E-state index in [0.29, 0.717) is 11.5 Å². The maximum atomic E-state index is 12.7. The summed E-state index contributed by atoms with van der Waals surface area (Å²) in [5, 5.41) is 0. The van der Waals surface area contributed by atoms with Gasteiger partial charge in [-0.15, -0.1) is 0 Å². The van der Waals surface area contributed by atoms with Crippen LogP contribution in [0, 0.1) is 11.8 Å². The van der Waals surface area contributed by atoms with Gasteiger partial charge in [-0.3, -0.25) is 19.2 Å². The van der Waals surface area contributed by atoms with Crippen LogP contribution >= 0.6 is 0 Å². The molecule has 1 aliphatic heterocycles. The highest BCUT2D eigenvalue weighted by Gasteiger charge is 2.46. The van der Waals surface area contributed by atoms with E-state index >= 15 is 0 Å². The van der Waals surface area contributed by atoms with E-state index < -0.39 is 35.2 Å². The van der Waals surface area contributed by atoms with Crippen molar-refractivity contribution < 1.29 is 28.7 Å². The Morgan fingerprint density at radius 2 is 1.54 bits per heavy atom. The van der Waals surface area contributed by atoms with Crippen LogP contribution in [0.2, 0.25) is 0 Å².